The number of carbonyl (C=O) groups is 1. The molecule has 1 amide bonds. The first-order valence-electron chi connectivity index (χ1n) is 7.31. The predicted octanol–water partition coefficient (Wildman–Crippen LogP) is 2.67. The van der Waals surface area contributed by atoms with Crippen LogP contribution in [0.5, 0.6) is 0 Å². The van der Waals surface area contributed by atoms with Crippen molar-refractivity contribution in [3.8, 4) is 0 Å². The third-order valence-electron chi connectivity index (χ3n) is 3.38. The summed E-state index contributed by atoms with van der Waals surface area (Å²) in [5.74, 6) is -0.271. The Hall–Kier alpha value is -2.51. The molecule has 0 bridgehead atoms. The second kappa shape index (κ2) is 7.85. The van der Waals surface area contributed by atoms with Crippen LogP contribution in [0.25, 0.3) is 0 Å². The monoisotopic (exact) mass is 346 g/mol. The van der Waals surface area contributed by atoms with Crippen molar-refractivity contribution < 1.29 is 17.8 Å². The Labute approximate surface area is 141 Å². The first-order valence-corrected chi connectivity index (χ1v) is 8.75. The third-order valence-corrected chi connectivity index (χ3v) is 4.25. The second-order valence-corrected chi connectivity index (χ2v) is 6.69. The molecule has 6 nitrogen and oxygen atoms in total. The first kappa shape index (κ1) is 17.8. The molecule has 0 aliphatic heterocycles. The summed E-state index contributed by atoms with van der Waals surface area (Å²) in [6.45, 7) is 1.80. The Balaban J connectivity index is 1.88. The van der Waals surface area contributed by atoms with Gasteiger partial charge in [0.25, 0.3) is 16.0 Å². The highest BCUT2D eigenvalue weighted by atomic mass is 32.2. The Morgan fingerprint density at radius 3 is 2.29 bits per heavy atom. The second-order valence-electron chi connectivity index (χ2n) is 5.27. The van der Waals surface area contributed by atoms with Crippen LogP contribution in [-0.2, 0) is 16.5 Å². The molecule has 0 fully saturated rings. The lowest BCUT2D eigenvalue weighted by Crippen LogP contribution is -2.19. The van der Waals surface area contributed by atoms with Gasteiger partial charge < -0.3 is 0 Å². The zero-order valence-electron chi connectivity index (χ0n) is 13.1. The van der Waals surface area contributed by atoms with E-state index in [1.54, 1.807) is 43.3 Å². The lowest BCUT2D eigenvalue weighted by Gasteiger charge is -2.04. The molecule has 0 atom stereocenters. The van der Waals surface area contributed by atoms with E-state index in [-0.39, 0.29) is 10.8 Å². The number of aryl methyl sites for hydroxylation is 1. The van der Waals surface area contributed by atoms with E-state index in [9.17, 15) is 13.2 Å². The minimum absolute atomic E-state index is 0.133. The fraction of sp³-hybridized carbons (Fsp3) is 0.176. The zero-order valence-corrected chi connectivity index (χ0v) is 14.0. The van der Waals surface area contributed by atoms with Gasteiger partial charge in [-0.15, -0.1) is 0 Å². The topological polar surface area (TPSA) is 95.8 Å². The minimum Gasteiger partial charge on any atom is -0.282 e. The van der Waals surface area contributed by atoms with Crippen molar-refractivity contribution in [1.82, 2.24) is 5.43 Å². The lowest BCUT2D eigenvalue weighted by atomic mass is 10.1. The smallest absolute Gasteiger partial charge is 0.282 e. The van der Waals surface area contributed by atoms with Gasteiger partial charge in [0, 0.05) is 11.3 Å². The zero-order chi connectivity index (χ0) is 17.6. The van der Waals surface area contributed by atoms with Gasteiger partial charge in [-0.3, -0.25) is 9.35 Å². The van der Waals surface area contributed by atoms with Crippen molar-refractivity contribution >= 4 is 21.7 Å². The molecular weight excluding hydrogens is 328 g/mol. The van der Waals surface area contributed by atoms with E-state index in [1.807, 2.05) is 6.07 Å². The molecule has 0 radical (unpaired) electrons. The quantitative estimate of drug-likeness (QED) is 0.477. The van der Waals surface area contributed by atoms with Crippen LogP contribution in [0.3, 0.4) is 0 Å². The number of carbonyl (C=O) groups excluding carboxylic acids is 1. The highest BCUT2D eigenvalue weighted by Gasteiger charge is 2.08. The standard InChI is InChI=1S/C17H18N2O4S/c1-13(18-19-17(20)15-5-3-2-4-6-15)7-8-14-9-11-16(12-10-14)24(21,22)23/h2-6,9-12H,7-8H2,1H3,(H,19,20)(H,21,22,23)/b18-13-. The van der Waals surface area contributed by atoms with Crippen LogP contribution < -0.4 is 5.43 Å². The van der Waals surface area contributed by atoms with Crippen molar-refractivity contribution in [2.45, 2.75) is 24.7 Å². The number of nitrogens with one attached hydrogen (secondary N) is 1. The Morgan fingerprint density at radius 2 is 1.71 bits per heavy atom. The number of amides is 1. The van der Waals surface area contributed by atoms with Crippen LogP contribution in [0.1, 0.15) is 29.3 Å². The largest absolute Gasteiger partial charge is 0.294 e. The molecular formula is C17H18N2O4S. The van der Waals surface area contributed by atoms with Crippen LogP contribution in [0.2, 0.25) is 0 Å². The summed E-state index contributed by atoms with van der Waals surface area (Å²) in [7, 11) is -4.17. The molecule has 0 saturated heterocycles. The molecule has 0 saturated carbocycles. The van der Waals surface area contributed by atoms with Crippen LogP contribution in [0.4, 0.5) is 0 Å². The number of rotatable bonds is 6. The van der Waals surface area contributed by atoms with Gasteiger partial charge in [-0.05, 0) is 49.6 Å². The lowest BCUT2D eigenvalue weighted by molar-refractivity contribution is 0.0954. The van der Waals surface area contributed by atoms with Crippen molar-refractivity contribution in [2.75, 3.05) is 0 Å². The van der Waals surface area contributed by atoms with E-state index in [1.165, 1.54) is 12.1 Å². The molecule has 24 heavy (non-hydrogen) atoms. The number of benzene rings is 2. The van der Waals surface area contributed by atoms with E-state index >= 15 is 0 Å². The molecule has 126 valence electrons. The van der Waals surface area contributed by atoms with Gasteiger partial charge in [0.15, 0.2) is 0 Å². The van der Waals surface area contributed by atoms with E-state index in [0.717, 1.165) is 11.3 Å². The highest BCUT2D eigenvalue weighted by molar-refractivity contribution is 7.85. The summed E-state index contributed by atoms with van der Waals surface area (Å²) < 4.78 is 30.9. The third kappa shape index (κ3) is 5.29. The van der Waals surface area contributed by atoms with Gasteiger partial charge >= 0.3 is 0 Å². The minimum atomic E-state index is -4.17. The predicted molar refractivity (Wildman–Crippen MR) is 91.6 cm³/mol. The molecule has 0 aliphatic rings. The molecule has 7 heteroatoms. The van der Waals surface area contributed by atoms with E-state index in [4.69, 9.17) is 4.55 Å². The number of hydrogen-bond acceptors (Lipinski definition) is 4. The van der Waals surface area contributed by atoms with Crippen LogP contribution in [0.15, 0.2) is 64.6 Å². The summed E-state index contributed by atoms with van der Waals surface area (Å²) in [5.41, 5.74) is 4.69. The van der Waals surface area contributed by atoms with Crippen LogP contribution >= 0.6 is 0 Å². The summed E-state index contributed by atoms with van der Waals surface area (Å²) in [4.78, 5) is 11.7. The van der Waals surface area contributed by atoms with Gasteiger partial charge in [-0.2, -0.15) is 13.5 Å². The molecule has 0 spiro atoms. The SMILES string of the molecule is C/C(CCc1ccc(S(=O)(=O)O)cc1)=N/NC(=O)c1ccccc1. The average Bonchev–Trinajstić information content (AvgIpc) is 2.58. The molecule has 2 N–H and O–H groups in total. The van der Waals surface area contributed by atoms with E-state index in [2.05, 4.69) is 10.5 Å². The Morgan fingerprint density at radius 1 is 1.08 bits per heavy atom. The summed E-state index contributed by atoms with van der Waals surface area (Å²) in [6.07, 6.45) is 1.25. The maximum absolute atomic E-state index is 11.9. The molecule has 0 unspecified atom stereocenters. The fourth-order valence-corrected chi connectivity index (χ4v) is 2.49. The van der Waals surface area contributed by atoms with Gasteiger partial charge in [-0.25, -0.2) is 5.43 Å². The Bertz CT molecular complexity index is 829. The van der Waals surface area contributed by atoms with Crippen molar-refractivity contribution in [3.63, 3.8) is 0 Å². The fourth-order valence-electron chi connectivity index (χ4n) is 2.01. The van der Waals surface area contributed by atoms with Crippen molar-refractivity contribution in [2.24, 2.45) is 5.10 Å². The van der Waals surface area contributed by atoms with Gasteiger partial charge in [0.2, 0.25) is 0 Å². The molecule has 2 rings (SSSR count). The molecule has 0 aliphatic carbocycles. The van der Waals surface area contributed by atoms with Crippen LogP contribution in [-0.4, -0.2) is 24.6 Å². The average molecular weight is 346 g/mol. The highest BCUT2D eigenvalue weighted by Crippen LogP contribution is 2.11. The molecule has 2 aromatic rings. The number of hydrogen-bond donors (Lipinski definition) is 2. The maximum Gasteiger partial charge on any atom is 0.294 e. The van der Waals surface area contributed by atoms with E-state index < -0.39 is 10.1 Å². The molecule has 0 heterocycles. The maximum atomic E-state index is 11.9. The van der Waals surface area contributed by atoms with Crippen molar-refractivity contribution in [3.05, 3.63) is 65.7 Å². The number of hydrazone groups is 1. The molecule has 0 aromatic heterocycles. The van der Waals surface area contributed by atoms with E-state index in [0.29, 0.717) is 18.4 Å². The van der Waals surface area contributed by atoms with Crippen LogP contribution in [0, 0.1) is 0 Å². The summed E-state index contributed by atoms with van der Waals surface area (Å²) >= 11 is 0. The Kier molecular flexibility index (Phi) is 5.83. The van der Waals surface area contributed by atoms with Gasteiger partial charge in [0.05, 0.1) is 4.90 Å². The van der Waals surface area contributed by atoms with Gasteiger partial charge in [0.1, 0.15) is 0 Å². The summed E-state index contributed by atoms with van der Waals surface area (Å²) in [5, 5.41) is 4.05. The molecule has 2 aromatic carbocycles. The van der Waals surface area contributed by atoms with Gasteiger partial charge in [-0.1, -0.05) is 30.3 Å². The summed E-state index contributed by atoms with van der Waals surface area (Å²) in [6, 6.07) is 14.8. The first-order chi connectivity index (χ1) is 11.4. The van der Waals surface area contributed by atoms with Crippen molar-refractivity contribution in [1.29, 1.82) is 0 Å². The normalized spacial score (nSPS) is 12.0. The number of nitrogens with zero attached hydrogens (tertiary/aromatic N) is 1.